The first kappa shape index (κ1) is 20.5. The van der Waals surface area contributed by atoms with Gasteiger partial charge in [-0.25, -0.2) is 0 Å². The second kappa shape index (κ2) is 9.21. The van der Waals surface area contributed by atoms with E-state index in [4.69, 9.17) is 4.74 Å². The first-order valence-corrected chi connectivity index (χ1v) is 7.75. The summed E-state index contributed by atoms with van der Waals surface area (Å²) in [5.74, 6) is -0.0685. The van der Waals surface area contributed by atoms with E-state index >= 15 is 0 Å². The van der Waals surface area contributed by atoms with Gasteiger partial charge in [0.05, 0.1) is 28.7 Å². The molecule has 0 saturated carbocycles. The Balaban J connectivity index is 2.21. The second-order valence-electron chi connectivity index (χ2n) is 5.10. The predicted molar refractivity (Wildman–Crippen MR) is 95.2 cm³/mol. The molecule has 2 rings (SSSR count). The maximum atomic E-state index is 12.4. The first-order valence-electron chi connectivity index (χ1n) is 7.75. The standard InChI is InChI=1S/C16H14F2N4O6/c1-2-27-15-7-10(3-6-14(15)28-16(17)18)9-19-20-12-5-4-11(21(23)24)8-13(12)22(25)26/h3-9,16,20H,2H2,1H3/b19-9-. The molecule has 0 aromatic heterocycles. The maximum Gasteiger partial charge on any atom is 0.387 e. The summed E-state index contributed by atoms with van der Waals surface area (Å²) >= 11 is 0. The van der Waals surface area contributed by atoms with Crippen LogP contribution < -0.4 is 14.9 Å². The van der Waals surface area contributed by atoms with E-state index in [0.717, 1.165) is 18.2 Å². The fraction of sp³-hybridized carbons (Fsp3) is 0.188. The number of hydrogen-bond acceptors (Lipinski definition) is 8. The van der Waals surface area contributed by atoms with Crippen LogP contribution in [0.5, 0.6) is 11.5 Å². The third-order valence-electron chi connectivity index (χ3n) is 3.27. The molecule has 2 aromatic carbocycles. The third-order valence-corrected chi connectivity index (χ3v) is 3.27. The van der Waals surface area contributed by atoms with E-state index in [9.17, 15) is 29.0 Å². The van der Waals surface area contributed by atoms with E-state index in [-0.39, 0.29) is 23.8 Å². The maximum absolute atomic E-state index is 12.4. The Bertz CT molecular complexity index is 907. The van der Waals surface area contributed by atoms with Gasteiger partial charge in [-0.15, -0.1) is 0 Å². The number of nitro groups is 2. The number of anilines is 1. The zero-order valence-electron chi connectivity index (χ0n) is 14.4. The zero-order chi connectivity index (χ0) is 20.7. The van der Waals surface area contributed by atoms with E-state index < -0.39 is 27.8 Å². The van der Waals surface area contributed by atoms with Crippen LogP contribution in [-0.4, -0.2) is 29.3 Å². The SMILES string of the molecule is CCOc1cc(/C=N\Nc2ccc([N+](=O)[O-])cc2[N+](=O)[O-])ccc1OC(F)F. The number of alkyl halides is 2. The fourth-order valence-electron chi connectivity index (χ4n) is 2.12. The van der Waals surface area contributed by atoms with Gasteiger partial charge in [-0.3, -0.25) is 25.7 Å². The van der Waals surface area contributed by atoms with Gasteiger partial charge < -0.3 is 9.47 Å². The number of nitrogens with one attached hydrogen (secondary N) is 1. The van der Waals surface area contributed by atoms with Gasteiger partial charge >= 0.3 is 12.3 Å². The summed E-state index contributed by atoms with van der Waals surface area (Å²) in [5.41, 5.74) is 1.83. The normalized spacial score (nSPS) is 10.9. The number of rotatable bonds is 9. The van der Waals surface area contributed by atoms with Crippen molar-refractivity contribution in [3.63, 3.8) is 0 Å². The van der Waals surface area contributed by atoms with Crippen LogP contribution in [0.4, 0.5) is 25.8 Å². The van der Waals surface area contributed by atoms with Gasteiger partial charge in [-0.05, 0) is 36.8 Å². The lowest BCUT2D eigenvalue weighted by molar-refractivity contribution is -0.393. The topological polar surface area (TPSA) is 129 Å². The Kier molecular flexibility index (Phi) is 6.73. The molecule has 0 bridgehead atoms. The number of non-ortho nitro benzene ring substituents is 1. The Morgan fingerprint density at radius 1 is 1.14 bits per heavy atom. The van der Waals surface area contributed by atoms with Crippen LogP contribution in [0.1, 0.15) is 12.5 Å². The third kappa shape index (κ3) is 5.33. The van der Waals surface area contributed by atoms with Crippen LogP contribution in [0.3, 0.4) is 0 Å². The van der Waals surface area contributed by atoms with Crippen molar-refractivity contribution in [3.8, 4) is 11.5 Å². The van der Waals surface area contributed by atoms with Gasteiger partial charge in [0.25, 0.3) is 5.69 Å². The number of hydrogen-bond donors (Lipinski definition) is 1. The van der Waals surface area contributed by atoms with Crippen molar-refractivity contribution < 1.29 is 28.1 Å². The molecule has 0 aliphatic heterocycles. The van der Waals surface area contributed by atoms with Crippen LogP contribution in [0.25, 0.3) is 0 Å². The molecule has 0 heterocycles. The van der Waals surface area contributed by atoms with E-state index in [1.165, 1.54) is 24.4 Å². The Morgan fingerprint density at radius 2 is 1.89 bits per heavy atom. The van der Waals surface area contributed by atoms with E-state index in [0.29, 0.717) is 5.56 Å². The molecule has 0 saturated heterocycles. The number of nitro benzene ring substituents is 2. The summed E-state index contributed by atoms with van der Waals surface area (Å²) in [5, 5.41) is 25.6. The van der Waals surface area contributed by atoms with Crippen LogP contribution >= 0.6 is 0 Å². The lowest BCUT2D eigenvalue weighted by atomic mass is 10.2. The summed E-state index contributed by atoms with van der Waals surface area (Å²) < 4.78 is 34.4. The highest BCUT2D eigenvalue weighted by atomic mass is 19.3. The van der Waals surface area contributed by atoms with Gasteiger partial charge in [-0.1, -0.05) is 0 Å². The predicted octanol–water partition coefficient (Wildman–Crippen LogP) is 3.95. The van der Waals surface area contributed by atoms with Crippen molar-refractivity contribution in [2.45, 2.75) is 13.5 Å². The Labute approximate surface area is 156 Å². The van der Waals surface area contributed by atoms with Crippen LogP contribution in [0.15, 0.2) is 41.5 Å². The number of nitrogens with zero attached hydrogens (tertiary/aromatic N) is 3. The quantitative estimate of drug-likeness (QED) is 0.386. The minimum Gasteiger partial charge on any atom is -0.490 e. The molecule has 0 aliphatic carbocycles. The molecule has 0 fully saturated rings. The monoisotopic (exact) mass is 396 g/mol. The van der Waals surface area contributed by atoms with Crippen molar-refractivity contribution in [1.29, 1.82) is 0 Å². The molecule has 28 heavy (non-hydrogen) atoms. The molecular weight excluding hydrogens is 382 g/mol. The molecule has 2 aromatic rings. The van der Waals surface area contributed by atoms with Crippen LogP contribution in [-0.2, 0) is 0 Å². The van der Waals surface area contributed by atoms with Crippen molar-refractivity contribution in [3.05, 3.63) is 62.2 Å². The lowest BCUT2D eigenvalue weighted by Gasteiger charge is -2.11. The molecule has 1 N–H and O–H groups in total. The van der Waals surface area contributed by atoms with Crippen molar-refractivity contribution in [1.82, 2.24) is 0 Å². The highest BCUT2D eigenvalue weighted by Gasteiger charge is 2.19. The number of halogens is 2. The molecule has 0 atom stereocenters. The molecule has 0 amide bonds. The summed E-state index contributed by atoms with van der Waals surface area (Å²) in [6.45, 7) is -1.13. The van der Waals surface area contributed by atoms with Crippen LogP contribution in [0.2, 0.25) is 0 Å². The van der Waals surface area contributed by atoms with Gasteiger partial charge in [0.2, 0.25) is 0 Å². The number of hydrazone groups is 1. The number of benzene rings is 2. The van der Waals surface area contributed by atoms with Crippen molar-refractivity contribution in [2.24, 2.45) is 5.10 Å². The summed E-state index contributed by atoms with van der Waals surface area (Å²) in [6.07, 6.45) is 1.26. The van der Waals surface area contributed by atoms with E-state index in [2.05, 4.69) is 15.3 Å². The highest BCUT2D eigenvalue weighted by molar-refractivity contribution is 5.82. The van der Waals surface area contributed by atoms with Crippen LogP contribution in [0, 0.1) is 20.2 Å². The van der Waals surface area contributed by atoms with Gasteiger partial charge in [-0.2, -0.15) is 13.9 Å². The highest BCUT2D eigenvalue weighted by Crippen LogP contribution is 2.30. The minimum atomic E-state index is -3.01. The zero-order valence-corrected chi connectivity index (χ0v) is 14.4. The summed E-state index contributed by atoms with van der Waals surface area (Å²) in [4.78, 5) is 20.3. The van der Waals surface area contributed by atoms with E-state index in [1.807, 2.05) is 0 Å². The molecule has 148 valence electrons. The molecule has 0 radical (unpaired) electrons. The summed E-state index contributed by atoms with van der Waals surface area (Å²) in [7, 11) is 0. The first-order chi connectivity index (χ1) is 13.3. The minimum absolute atomic E-state index is 0.0606. The fourth-order valence-corrected chi connectivity index (χ4v) is 2.12. The van der Waals surface area contributed by atoms with E-state index in [1.54, 1.807) is 6.92 Å². The molecule has 12 heteroatoms. The average Bonchev–Trinajstić information content (AvgIpc) is 2.63. The smallest absolute Gasteiger partial charge is 0.387 e. The molecule has 0 aliphatic rings. The van der Waals surface area contributed by atoms with Gasteiger partial charge in [0.1, 0.15) is 5.69 Å². The Morgan fingerprint density at radius 3 is 2.50 bits per heavy atom. The summed E-state index contributed by atoms with van der Waals surface area (Å²) in [6, 6.07) is 7.15. The molecule has 10 nitrogen and oxygen atoms in total. The largest absolute Gasteiger partial charge is 0.490 e. The Hall–Kier alpha value is -3.83. The molecular formula is C16H14F2N4O6. The van der Waals surface area contributed by atoms with Crippen molar-refractivity contribution >= 4 is 23.3 Å². The lowest BCUT2D eigenvalue weighted by Crippen LogP contribution is -2.05. The molecule has 0 spiro atoms. The second-order valence-corrected chi connectivity index (χ2v) is 5.10. The van der Waals surface area contributed by atoms with Crippen molar-refractivity contribution in [2.75, 3.05) is 12.0 Å². The molecule has 0 unspecified atom stereocenters. The number of ether oxygens (including phenoxy) is 2. The average molecular weight is 396 g/mol. The van der Waals surface area contributed by atoms with Gasteiger partial charge in [0.15, 0.2) is 11.5 Å². The van der Waals surface area contributed by atoms with Gasteiger partial charge in [0, 0.05) is 6.07 Å².